The number of hydrogen-bond acceptors (Lipinski definition) is 2. The van der Waals surface area contributed by atoms with E-state index in [2.05, 4.69) is 5.32 Å². The Morgan fingerprint density at radius 2 is 2.15 bits per heavy atom. The smallest absolute Gasteiger partial charge is 0.326 e. The molecule has 1 atom stereocenters. The van der Waals surface area contributed by atoms with Crippen LogP contribution in [0.5, 0.6) is 0 Å². The third-order valence-corrected chi connectivity index (χ3v) is 4.03. The van der Waals surface area contributed by atoms with Crippen molar-refractivity contribution in [3.8, 4) is 0 Å². The number of aliphatic carboxylic acids is 1. The molecule has 0 spiro atoms. The molecule has 1 aliphatic rings. The SMILES string of the molecule is CCC(NC(=O)C1(c2cccc(F)c2)CCC1)C(=O)O. The molecule has 1 aromatic rings. The summed E-state index contributed by atoms with van der Waals surface area (Å²) in [5.74, 6) is -1.75. The molecule has 1 aromatic carbocycles. The second kappa shape index (κ2) is 5.61. The van der Waals surface area contributed by atoms with Gasteiger partial charge in [0.2, 0.25) is 5.91 Å². The van der Waals surface area contributed by atoms with Gasteiger partial charge >= 0.3 is 5.97 Å². The van der Waals surface area contributed by atoms with Crippen LogP contribution in [0.15, 0.2) is 24.3 Å². The van der Waals surface area contributed by atoms with Crippen molar-refractivity contribution < 1.29 is 19.1 Å². The van der Waals surface area contributed by atoms with E-state index >= 15 is 0 Å². The van der Waals surface area contributed by atoms with E-state index in [-0.39, 0.29) is 11.7 Å². The molecule has 0 aliphatic heterocycles. The third-order valence-electron chi connectivity index (χ3n) is 4.03. The van der Waals surface area contributed by atoms with Crippen LogP contribution in [-0.2, 0) is 15.0 Å². The minimum atomic E-state index is -1.05. The summed E-state index contributed by atoms with van der Waals surface area (Å²) in [5.41, 5.74) is -0.146. The number of carbonyl (C=O) groups excluding carboxylic acids is 1. The summed E-state index contributed by atoms with van der Waals surface area (Å²) in [5, 5.41) is 11.6. The number of carbonyl (C=O) groups is 2. The summed E-state index contributed by atoms with van der Waals surface area (Å²) in [6.45, 7) is 1.70. The summed E-state index contributed by atoms with van der Waals surface area (Å²) in [7, 11) is 0. The molecule has 0 heterocycles. The predicted molar refractivity (Wildman–Crippen MR) is 71.8 cm³/mol. The molecule has 1 aliphatic carbocycles. The molecular formula is C15H18FNO3. The Hall–Kier alpha value is -1.91. The van der Waals surface area contributed by atoms with Crippen molar-refractivity contribution in [2.75, 3.05) is 0 Å². The molecule has 2 N–H and O–H groups in total. The maximum Gasteiger partial charge on any atom is 0.326 e. The Morgan fingerprint density at radius 3 is 2.60 bits per heavy atom. The number of hydrogen-bond donors (Lipinski definition) is 2. The van der Waals surface area contributed by atoms with Gasteiger partial charge in [-0.2, -0.15) is 0 Å². The highest BCUT2D eigenvalue weighted by atomic mass is 19.1. The number of halogens is 1. The van der Waals surface area contributed by atoms with Gasteiger partial charge in [-0.3, -0.25) is 4.79 Å². The zero-order valence-corrected chi connectivity index (χ0v) is 11.4. The van der Waals surface area contributed by atoms with Gasteiger partial charge in [0.1, 0.15) is 11.9 Å². The fourth-order valence-electron chi connectivity index (χ4n) is 2.60. The molecule has 2 rings (SSSR count). The standard InChI is InChI=1S/C15H18FNO3/c1-2-12(13(18)19)17-14(20)15(7-4-8-15)10-5-3-6-11(16)9-10/h3,5-6,9,12H,2,4,7-8H2,1H3,(H,17,20)(H,18,19). The molecule has 1 amide bonds. The zero-order valence-electron chi connectivity index (χ0n) is 11.4. The van der Waals surface area contributed by atoms with E-state index in [4.69, 9.17) is 5.11 Å². The van der Waals surface area contributed by atoms with Crippen molar-refractivity contribution in [1.29, 1.82) is 0 Å². The second-order valence-electron chi connectivity index (χ2n) is 5.22. The van der Waals surface area contributed by atoms with Crippen molar-refractivity contribution in [3.63, 3.8) is 0 Å². The number of amides is 1. The average Bonchev–Trinajstić information content (AvgIpc) is 2.34. The second-order valence-corrected chi connectivity index (χ2v) is 5.22. The van der Waals surface area contributed by atoms with Crippen molar-refractivity contribution in [3.05, 3.63) is 35.6 Å². The number of benzene rings is 1. The minimum Gasteiger partial charge on any atom is -0.480 e. The first kappa shape index (κ1) is 14.5. The van der Waals surface area contributed by atoms with Crippen LogP contribution in [0.2, 0.25) is 0 Å². The van der Waals surface area contributed by atoms with E-state index in [1.165, 1.54) is 12.1 Å². The largest absolute Gasteiger partial charge is 0.480 e. The van der Waals surface area contributed by atoms with Gasteiger partial charge in [-0.15, -0.1) is 0 Å². The van der Waals surface area contributed by atoms with Gasteiger partial charge < -0.3 is 10.4 Å². The van der Waals surface area contributed by atoms with E-state index in [1.54, 1.807) is 19.1 Å². The molecule has 0 radical (unpaired) electrons. The summed E-state index contributed by atoms with van der Waals surface area (Å²) < 4.78 is 13.4. The maximum absolute atomic E-state index is 13.4. The molecule has 108 valence electrons. The summed E-state index contributed by atoms with van der Waals surface area (Å²) in [6.07, 6.45) is 2.45. The Morgan fingerprint density at radius 1 is 1.45 bits per heavy atom. The molecule has 0 saturated heterocycles. The molecule has 1 unspecified atom stereocenters. The van der Waals surface area contributed by atoms with E-state index in [1.807, 2.05) is 0 Å². The minimum absolute atomic E-state index is 0.316. The van der Waals surface area contributed by atoms with Crippen LogP contribution in [0.25, 0.3) is 0 Å². The van der Waals surface area contributed by atoms with Crippen LogP contribution in [0.1, 0.15) is 38.2 Å². The van der Waals surface area contributed by atoms with Crippen LogP contribution < -0.4 is 5.32 Å². The maximum atomic E-state index is 13.4. The normalized spacial score (nSPS) is 17.9. The van der Waals surface area contributed by atoms with Crippen LogP contribution in [-0.4, -0.2) is 23.0 Å². The Bertz CT molecular complexity index is 526. The van der Waals surface area contributed by atoms with Gasteiger partial charge in [-0.05, 0) is 37.0 Å². The lowest BCUT2D eigenvalue weighted by molar-refractivity contribution is -0.143. The van der Waals surface area contributed by atoms with Crippen molar-refractivity contribution in [1.82, 2.24) is 5.32 Å². The van der Waals surface area contributed by atoms with E-state index < -0.39 is 17.4 Å². The third kappa shape index (κ3) is 2.53. The quantitative estimate of drug-likeness (QED) is 0.868. The highest BCUT2D eigenvalue weighted by Crippen LogP contribution is 2.44. The number of carboxylic acid groups (broad SMARTS) is 1. The van der Waals surface area contributed by atoms with Gasteiger partial charge in [-0.25, -0.2) is 9.18 Å². The van der Waals surface area contributed by atoms with Gasteiger partial charge in [-0.1, -0.05) is 25.5 Å². The lowest BCUT2D eigenvalue weighted by Gasteiger charge is -2.41. The molecule has 1 fully saturated rings. The number of nitrogens with one attached hydrogen (secondary N) is 1. The highest BCUT2D eigenvalue weighted by Gasteiger charge is 2.46. The predicted octanol–water partition coefficient (Wildman–Crippen LogP) is 2.23. The fraction of sp³-hybridized carbons (Fsp3) is 0.467. The fourth-order valence-corrected chi connectivity index (χ4v) is 2.60. The molecule has 0 aromatic heterocycles. The molecule has 5 heteroatoms. The Kier molecular flexibility index (Phi) is 4.06. The van der Waals surface area contributed by atoms with Gasteiger partial charge in [0.25, 0.3) is 0 Å². The van der Waals surface area contributed by atoms with Crippen molar-refractivity contribution >= 4 is 11.9 Å². The summed E-state index contributed by atoms with van der Waals surface area (Å²) in [4.78, 5) is 23.5. The van der Waals surface area contributed by atoms with Crippen LogP contribution in [0.3, 0.4) is 0 Å². The molecule has 4 nitrogen and oxygen atoms in total. The highest BCUT2D eigenvalue weighted by molar-refractivity contribution is 5.92. The number of carboxylic acids is 1. The molecular weight excluding hydrogens is 261 g/mol. The monoisotopic (exact) mass is 279 g/mol. The van der Waals surface area contributed by atoms with E-state index in [0.29, 0.717) is 24.8 Å². The van der Waals surface area contributed by atoms with Crippen LogP contribution in [0.4, 0.5) is 4.39 Å². The lowest BCUT2D eigenvalue weighted by Crippen LogP contribution is -2.53. The summed E-state index contributed by atoms with van der Waals surface area (Å²) in [6, 6.07) is 5.10. The molecule has 1 saturated carbocycles. The first-order chi connectivity index (χ1) is 9.49. The summed E-state index contributed by atoms with van der Waals surface area (Å²) >= 11 is 0. The van der Waals surface area contributed by atoms with E-state index in [9.17, 15) is 14.0 Å². The Labute approximate surface area is 117 Å². The molecule has 0 bridgehead atoms. The van der Waals surface area contributed by atoms with Gasteiger partial charge in [0, 0.05) is 0 Å². The first-order valence-electron chi connectivity index (χ1n) is 6.79. The van der Waals surface area contributed by atoms with Crippen molar-refractivity contribution in [2.24, 2.45) is 0 Å². The lowest BCUT2D eigenvalue weighted by atomic mass is 9.63. The molecule has 20 heavy (non-hydrogen) atoms. The van der Waals surface area contributed by atoms with Crippen LogP contribution >= 0.6 is 0 Å². The zero-order chi connectivity index (χ0) is 14.8. The Balaban J connectivity index is 2.23. The van der Waals surface area contributed by atoms with Gasteiger partial charge in [0.05, 0.1) is 5.41 Å². The van der Waals surface area contributed by atoms with Gasteiger partial charge in [0.15, 0.2) is 0 Å². The number of rotatable bonds is 5. The topological polar surface area (TPSA) is 66.4 Å². The van der Waals surface area contributed by atoms with Crippen molar-refractivity contribution in [2.45, 2.75) is 44.1 Å². The first-order valence-corrected chi connectivity index (χ1v) is 6.79. The van der Waals surface area contributed by atoms with Crippen LogP contribution in [0, 0.1) is 5.82 Å². The average molecular weight is 279 g/mol. The van der Waals surface area contributed by atoms with E-state index in [0.717, 1.165) is 6.42 Å².